The van der Waals surface area contributed by atoms with Gasteiger partial charge in [0.15, 0.2) is 0 Å². The van der Waals surface area contributed by atoms with Crippen molar-refractivity contribution in [1.29, 1.82) is 0 Å². The van der Waals surface area contributed by atoms with Crippen LogP contribution in [-0.2, 0) is 0 Å². The minimum atomic E-state index is -0.975. The Balaban J connectivity index is 2.50. The molecule has 1 unspecified atom stereocenters. The fraction of sp³-hybridized carbons (Fsp3) is 0.200. The van der Waals surface area contributed by atoms with Crippen LogP contribution in [0.15, 0.2) is 36.4 Å². The van der Waals surface area contributed by atoms with Crippen LogP contribution in [0.5, 0.6) is 11.5 Å². The Morgan fingerprint density at radius 2 is 1.65 bits per heavy atom. The highest BCUT2D eigenvalue weighted by molar-refractivity contribution is 6.36. The minimum absolute atomic E-state index is 0.405. The quantitative estimate of drug-likeness (QED) is 0.924. The summed E-state index contributed by atoms with van der Waals surface area (Å²) in [4.78, 5) is 0. The number of rotatable bonds is 4. The first-order valence-corrected chi connectivity index (χ1v) is 6.68. The second-order valence-corrected chi connectivity index (χ2v) is 4.96. The molecule has 1 N–H and O–H groups in total. The molecular formula is C15H14Cl2O3. The van der Waals surface area contributed by atoms with Crippen molar-refractivity contribution in [1.82, 2.24) is 0 Å². The molecule has 0 bridgehead atoms. The number of hydrogen-bond acceptors (Lipinski definition) is 3. The molecule has 3 nitrogen and oxygen atoms in total. The lowest BCUT2D eigenvalue weighted by Crippen LogP contribution is -2.04. The number of benzene rings is 2. The summed E-state index contributed by atoms with van der Waals surface area (Å²) in [6, 6.07) is 10.3. The van der Waals surface area contributed by atoms with Crippen LogP contribution in [-0.4, -0.2) is 19.3 Å². The van der Waals surface area contributed by atoms with Gasteiger partial charge in [-0.3, -0.25) is 0 Å². The molecule has 1 atom stereocenters. The van der Waals surface area contributed by atoms with Gasteiger partial charge in [0, 0.05) is 27.2 Å². The molecule has 5 heteroatoms. The molecule has 0 aliphatic rings. The zero-order valence-electron chi connectivity index (χ0n) is 11.1. The topological polar surface area (TPSA) is 38.7 Å². The number of aliphatic hydroxyl groups is 1. The zero-order valence-corrected chi connectivity index (χ0v) is 12.6. The summed E-state index contributed by atoms with van der Waals surface area (Å²) < 4.78 is 10.4. The zero-order chi connectivity index (χ0) is 14.7. The molecule has 0 fully saturated rings. The van der Waals surface area contributed by atoms with Crippen molar-refractivity contribution >= 4 is 23.2 Å². The van der Waals surface area contributed by atoms with E-state index in [-0.39, 0.29) is 0 Å². The van der Waals surface area contributed by atoms with E-state index in [1.54, 1.807) is 43.5 Å². The van der Waals surface area contributed by atoms with Crippen LogP contribution in [0.2, 0.25) is 10.0 Å². The largest absolute Gasteiger partial charge is 0.497 e. The maximum Gasteiger partial charge on any atom is 0.128 e. The molecular weight excluding hydrogens is 299 g/mol. The first-order valence-electron chi connectivity index (χ1n) is 5.92. The maximum absolute atomic E-state index is 10.5. The van der Waals surface area contributed by atoms with Gasteiger partial charge in [-0.1, -0.05) is 29.3 Å². The highest BCUT2D eigenvalue weighted by atomic mass is 35.5. The summed E-state index contributed by atoms with van der Waals surface area (Å²) in [6.07, 6.45) is -0.975. The van der Waals surface area contributed by atoms with Crippen molar-refractivity contribution in [2.24, 2.45) is 0 Å². The maximum atomic E-state index is 10.5. The number of aliphatic hydroxyl groups excluding tert-OH is 1. The standard InChI is InChI=1S/C15H14Cl2O3/c1-19-9-6-7-10(13(8-9)20-2)15(18)14-11(16)4-3-5-12(14)17/h3-8,15,18H,1-2H3. The van der Waals surface area contributed by atoms with Crippen LogP contribution in [0, 0.1) is 0 Å². The average molecular weight is 313 g/mol. The number of halogens is 2. The Morgan fingerprint density at radius 1 is 1.00 bits per heavy atom. The van der Waals surface area contributed by atoms with Crippen molar-refractivity contribution in [3.8, 4) is 11.5 Å². The molecule has 2 aromatic carbocycles. The number of ether oxygens (including phenoxy) is 2. The lowest BCUT2D eigenvalue weighted by atomic mass is 10.0. The summed E-state index contributed by atoms with van der Waals surface area (Å²) in [7, 11) is 3.09. The van der Waals surface area contributed by atoms with Gasteiger partial charge in [0.25, 0.3) is 0 Å². The Kier molecular flexibility index (Phi) is 4.76. The van der Waals surface area contributed by atoms with E-state index in [1.165, 1.54) is 7.11 Å². The van der Waals surface area contributed by atoms with E-state index in [0.29, 0.717) is 32.7 Å². The molecule has 0 aromatic heterocycles. The lowest BCUT2D eigenvalue weighted by Gasteiger charge is -2.18. The van der Waals surface area contributed by atoms with E-state index in [9.17, 15) is 5.11 Å². The third-order valence-corrected chi connectivity index (χ3v) is 3.67. The Morgan fingerprint density at radius 3 is 2.20 bits per heavy atom. The van der Waals surface area contributed by atoms with Gasteiger partial charge in [-0.05, 0) is 24.3 Å². The van der Waals surface area contributed by atoms with Crippen LogP contribution in [0.25, 0.3) is 0 Å². The molecule has 0 amide bonds. The second-order valence-electron chi connectivity index (χ2n) is 4.15. The van der Waals surface area contributed by atoms with E-state index >= 15 is 0 Å². The third-order valence-electron chi connectivity index (χ3n) is 3.01. The lowest BCUT2D eigenvalue weighted by molar-refractivity contribution is 0.214. The van der Waals surface area contributed by atoms with E-state index in [0.717, 1.165) is 0 Å². The van der Waals surface area contributed by atoms with Gasteiger partial charge in [0.05, 0.1) is 14.2 Å². The molecule has 0 radical (unpaired) electrons. The molecule has 2 rings (SSSR count). The van der Waals surface area contributed by atoms with Gasteiger partial charge in [-0.15, -0.1) is 0 Å². The predicted octanol–water partition coefficient (Wildman–Crippen LogP) is 4.09. The van der Waals surface area contributed by atoms with Crippen molar-refractivity contribution in [2.45, 2.75) is 6.10 Å². The normalized spacial score (nSPS) is 12.1. The van der Waals surface area contributed by atoms with Gasteiger partial charge in [0.2, 0.25) is 0 Å². The van der Waals surface area contributed by atoms with Gasteiger partial charge in [0.1, 0.15) is 17.6 Å². The highest BCUT2D eigenvalue weighted by Gasteiger charge is 2.21. The first-order chi connectivity index (χ1) is 9.58. The van der Waals surface area contributed by atoms with Gasteiger partial charge in [-0.2, -0.15) is 0 Å². The summed E-state index contributed by atoms with van der Waals surface area (Å²) in [5.74, 6) is 1.15. The molecule has 0 saturated carbocycles. The van der Waals surface area contributed by atoms with E-state index < -0.39 is 6.10 Å². The first kappa shape index (κ1) is 15.0. The number of methoxy groups -OCH3 is 2. The van der Waals surface area contributed by atoms with Crippen molar-refractivity contribution in [3.05, 3.63) is 57.6 Å². The second kappa shape index (κ2) is 6.35. The Labute approximate surface area is 127 Å². The molecule has 0 aliphatic heterocycles. The molecule has 2 aromatic rings. The van der Waals surface area contributed by atoms with E-state index in [1.807, 2.05) is 0 Å². The van der Waals surface area contributed by atoms with Gasteiger partial charge in [-0.25, -0.2) is 0 Å². The average Bonchev–Trinajstić information content (AvgIpc) is 2.46. The van der Waals surface area contributed by atoms with Crippen LogP contribution >= 0.6 is 23.2 Å². The van der Waals surface area contributed by atoms with Gasteiger partial charge < -0.3 is 14.6 Å². The fourth-order valence-corrected chi connectivity index (χ4v) is 2.58. The van der Waals surface area contributed by atoms with Crippen LogP contribution < -0.4 is 9.47 Å². The predicted molar refractivity (Wildman–Crippen MR) is 80.1 cm³/mol. The summed E-state index contributed by atoms with van der Waals surface area (Å²) >= 11 is 12.2. The SMILES string of the molecule is COc1ccc(C(O)c2c(Cl)cccc2Cl)c(OC)c1. The van der Waals surface area contributed by atoms with Crippen molar-refractivity contribution in [3.63, 3.8) is 0 Å². The molecule has 0 heterocycles. The van der Waals surface area contributed by atoms with Gasteiger partial charge >= 0.3 is 0 Å². The Hall–Kier alpha value is -1.42. The van der Waals surface area contributed by atoms with Crippen LogP contribution in [0.3, 0.4) is 0 Å². The van der Waals surface area contributed by atoms with E-state index in [2.05, 4.69) is 0 Å². The number of hydrogen-bond donors (Lipinski definition) is 1. The smallest absolute Gasteiger partial charge is 0.128 e. The van der Waals surface area contributed by atoms with Crippen molar-refractivity contribution < 1.29 is 14.6 Å². The molecule has 0 aliphatic carbocycles. The molecule has 0 spiro atoms. The van der Waals surface area contributed by atoms with Crippen molar-refractivity contribution in [2.75, 3.05) is 14.2 Å². The summed E-state index contributed by atoms with van der Waals surface area (Å²) in [6.45, 7) is 0. The molecule has 0 saturated heterocycles. The fourth-order valence-electron chi connectivity index (χ4n) is 1.97. The highest BCUT2D eigenvalue weighted by Crippen LogP contribution is 2.38. The molecule has 20 heavy (non-hydrogen) atoms. The molecule has 106 valence electrons. The monoisotopic (exact) mass is 312 g/mol. The van der Waals surface area contributed by atoms with Crippen LogP contribution in [0.1, 0.15) is 17.2 Å². The summed E-state index contributed by atoms with van der Waals surface area (Å²) in [5.41, 5.74) is 1.03. The third kappa shape index (κ3) is 2.85. The summed E-state index contributed by atoms with van der Waals surface area (Å²) in [5, 5.41) is 11.4. The minimum Gasteiger partial charge on any atom is -0.497 e. The van der Waals surface area contributed by atoms with Crippen LogP contribution in [0.4, 0.5) is 0 Å². The Bertz CT molecular complexity index is 594. The van der Waals surface area contributed by atoms with E-state index in [4.69, 9.17) is 32.7 Å².